The van der Waals surface area contributed by atoms with E-state index < -0.39 is 0 Å². The van der Waals surface area contributed by atoms with Crippen molar-refractivity contribution in [3.05, 3.63) is 210 Å². The van der Waals surface area contributed by atoms with Crippen LogP contribution in [0.3, 0.4) is 0 Å². The van der Waals surface area contributed by atoms with Gasteiger partial charge in [0.15, 0.2) is 0 Å². The smallest absolute Gasteiger partial charge is 0.0618 e. The number of anilines is 3. The van der Waals surface area contributed by atoms with Crippen LogP contribution >= 0.6 is 0 Å². The third kappa shape index (κ3) is 6.95. The van der Waals surface area contributed by atoms with Crippen molar-refractivity contribution >= 4 is 17.1 Å². The Bertz CT molecular complexity index is 2400. The van der Waals surface area contributed by atoms with Gasteiger partial charge in [-0.15, -0.1) is 0 Å². The van der Waals surface area contributed by atoms with Crippen LogP contribution in [0.5, 0.6) is 0 Å². The van der Waals surface area contributed by atoms with Crippen molar-refractivity contribution in [1.29, 1.82) is 0 Å². The van der Waals surface area contributed by atoms with Gasteiger partial charge in [-0.25, -0.2) is 0 Å². The lowest BCUT2D eigenvalue weighted by molar-refractivity contribution is 1.22. The van der Waals surface area contributed by atoms with Crippen LogP contribution in [0.15, 0.2) is 188 Å². The van der Waals surface area contributed by atoms with Gasteiger partial charge in [-0.2, -0.15) is 0 Å². The van der Waals surface area contributed by atoms with Crippen molar-refractivity contribution in [2.45, 2.75) is 27.7 Å². The van der Waals surface area contributed by atoms with Gasteiger partial charge >= 0.3 is 0 Å². The van der Waals surface area contributed by atoms with E-state index in [1.807, 2.05) is 0 Å². The molecule has 0 N–H and O–H groups in total. The van der Waals surface area contributed by atoms with Gasteiger partial charge in [-0.1, -0.05) is 145 Å². The molecule has 0 aromatic heterocycles. The Hall–Kier alpha value is -6.44. The Kier molecular flexibility index (Phi) is 9.32. The van der Waals surface area contributed by atoms with E-state index in [9.17, 15) is 0 Å². The van der Waals surface area contributed by atoms with Crippen molar-refractivity contribution in [2.24, 2.45) is 0 Å². The van der Waals surface area contributed by atoms with Crippen LogP contribution < -0.4 is 4.90 Å². The molecule has 0 aliphatic rings. The molecule has 0 aliphatic heterocycles. The first-order valence-corrected chi connectivity index (χ1v) is 18.4. The molecular formula is C52H43N. The highest BCUT2D eigenvalue weighted by Crippen LogP contribution is 2.50. The summed E-state index contributed by atoms with van der Waals surface area (Å²) >= 11 is 0. The van der Waals surface area contributed by atoms with Crippen LogP contribution in [0.2, 0.25) is 0 Å². The molecule has 1 heteroatoms. The molecule has 53 heavy (non-hydrogen) atoms. The van der Waals surface area contributed by atoms with E-state index in [2.05, 4.69) is 221 Å². The molecule has 0 saturated heterocycles. The summed E-state index contributed by atoms with van der Waals surface area (Å²) in [6, 6.07) is 68.7. The predicted molar refractivity (Wildman–Crippen MR) is 227 cm³/mol. The number of hydrogen-bond acceptors (Lipinski definition) is 1. The van der Waals surface area contributed by atoms with Gasteiger partial charge in [0, 0.05) is 22.5 Å². The molecule has 8 rings (SSSR count). The predicted octanol–water partition coefficient (Wildman–Crippen LogP) is 14.7. The molecule has 0 heterocycles. The van der Waals surface area contributed by atoms with Gasteiger partial charge < -0.3 is 4.90 Å². The second-order valence-electron chi connectivity index (χ2n) is 14.1. The van der Waals surface area contributed by atoms with Crippen molar-refractivity contribution in [2.75, 3.05) is 4.90 Å². The maximum atomic E-state index is 2.49. The van der Waals surface area contributed by atoms with Gasteiger partial charge in [0.25, 0.3) is 0 Å². The lowest BCUT2D eigenvalue weighted by Crippen LogP contribution is -2.14. The van der Waals surface area contributed by atoms with Crippen molar-refractivity contribution in [1.82, 2.24) is 0 Å². The lowest BCUT2D eigenvalue weighted by atomic mass is 9.87. The summed E-state index contributed by atoms with van der Waals surface area (Å²) in [6.07, 6.45) is 0. The number of benzene rings is 8. The van der Waals surface area contributed by atoms with Gasteiger partial charge in [0.1, 0.15) is 0 Å². The summed E-state index contributed by atoms with van der Waals surface area (Å²) in [5.74, 6) is 0. The highest BCUT2D eigenvalue weighted by Gasteiger charge is 2.25. The molecule has 0 saturated carbocycles. The average molecular weight is 682 g/mol. The van der Waals surface area contributed by atoms with E-state index in [1.165, 1.54) is 83.6 Å². The minimum Gasteiger partial charge on any atom is -0.309 e. The van der Waals surface area contributed by atoms with Gasteiger partial charge in [-0.3, -0.25) is 0 Å². The number of aryl methyl sites for hydroxylation is 4. The monoisotopic (exact) mass is 681 g/mol. The summed E-state index contributed by atoms with van der Waals surface area (Å²) in [5.41, 5.74) is 20.3. The van der Waals surface area contributed by atoms with Crippen LogP contribution in [0.25, 0.3) is 55.6 Å². The molecular weight excluding hydrogens is 639 g/mol. The average Bonchev–Trinajstić information content (AvgIpc) is 3.21. The molecule has 0 fully saturated rings. The van der Waals surface area contributed by atoms with Gasteiger partial charge in [0.2, 0.25) is 0 Å². The first-order valence-electron chi connectivity index (χ1n) is 18.4. The summed E-state index contributed by atoms with van der Waals surface area (Å²) in [4.78, 5) is 2.49. The van der Waals surface area contributed by atoms with Crippen LogP contribution in [0.4, 0.5) is 17.1 Å². The minimum absolute atomic E-state index is 1.14. The van der Waals surface area contributed by atoms with Crippen molar-refractivity contribution in [3.63, 3.8) is 0 Å². The van der Waals surface area contributed by atoms with Crippen LogP contribution in [-0.2, 0) is 0 Å². The van der Waals surface area contributed by atoms with E-state index >= 15 is 0 Å². The van der Waals surface area contributed by atoms with Crippen LogP contribution in [-0.4, -0.2) is 0 Å². The molecule has 256 valence electrons. The molecule has 8 aromatic rings. The molecule has 0 bridgehead atoms. The summed E-state index contributed by atoms with van der Waals surface area (Å²) in [6.45, 7) is 8.80. The Balaban J connectivity index is 1.48. The SMILES string of the molecule is Cc1ccc(N(c2ccc(C)c(C)c2)c2c(-c3ccccc3)cc(-c3cc(-c4ccccc4)cc(-c4ccccc4)c3)cc2-c2ccccc2)c(C)c1. The molecule has 0 atom stereocenters. The zero-order valence-electron chi connectivity index (χ0n) is 30.8. The normalized spacial score (nSPS) is 11.0. The van der Waals surface area contributed by atoms with E-state index in [0.717, 1.165) is 11.4 Å². The summed E-state index contributed by atoms with van der Waals surface area (Å²) in [5, 5.41) is 0. The van der Waals surface area contributed by atoms with Gasteiger partial charge in [0.05, 0.1) is 5.69 Å². The molecule has 0 spiro atoms. The molecule has 0 aliphatic carbocycles. The Morgan fingerprint density at radius 1 is 0.302 bits per heavy atom. The second-order valence-corrected chi connectivity index (χ2v) is 14.1. The Labute approximate surface area is 314 Å². The number of hydrogen-bond donors (Lipinski definition) is 0. The fourth-order valence-electron chi connectivity index (χ4n) is 7.42. The fourth-order valence-corrected chi connectivity index (χ4v) is 7.42. The highest BCUT2D eigenvalue weighted by atomic mass is 15.1. The van der Waals surface area contributed by atoms with Crippen molar-refractivity contribution < 1.29 is 0 Å². The zero-order valence-corrected chi connectivity index (χ0v) is 30.8. The topological polar surface area (TPSA) is 3.24 Å². The molecule has 0 unspecified atom stereocenters. The standard InChI is InChI=1S/C52H43N/c1-36-25-28-51(39(4)29-36)53(48-27-26-37(2)38(3)30-48)52-49(42-21-13-7-14-22-42)34-47(35-50(52)43-23-15-8-16-24-43)46-32-44(40-17-9-5-10-18-40)31-45(33-46)41-19-11-6-12-20-41/h5-35H,1-4H3. The van der Waals surface area contributed by atoms with Crippen LogP contribution in [0.1, 0.15) is 22.3 Å². The largest absolute Gasteiger partial charge is 0.309 e. The minimum atomic E-state index is 1.14. The first-order chi connectivity index (χ1) is 25.9. The summed E-state index contributed by atoms with van der Waals surface area (Å²) in [7, 11) is 0. The number of nitrogens with zero attached hydrogens (tertiary/aromatic N) is 1. The van der Waals surface area contributed by atoms with E-state index in [-0.39, 0.29) is 0 Å². The summed E-state index contributed by atoms with van der Waals surface area (Å²) < 4.78 is 0. The molecule has 8 aromatic carbocycles. The maximum Gasteiger partial charge on any atom is 0.0618 e. The molecule has 0 amide bonds. The first kappa shape index (κ1) is 33.7. The van der Waals surface area contributed by atoms with E-state index in [4.69, 9.17) is 0 Å². The maximum absolute atomic E-state index is 2.49. The zero-order chi connectivity index (χ0) is 36.3. The Morgan fingerprint density at radius 2 is 0.736 bits per heavy atom. The van der Waals surface area contributed by atoms with E-state index in [0.29, 0.717) is 0 Å². The second kappa shape index (κ2) is 14.7. The van der Waals surface area contributed by atoms with Crippen molar-refractivity contribution in [3.8, 4) is 55.6 Å². The van der Waals surface area contributed by atoms with Crippen LogP contribution in [0, 0.1) is 27.7 Å². The van der Waals surface area contributed by atoms with Gasteiger partial charge in [-0.05, 0) is 137 Å². The number of rotatable bonds is 8. The highest BCUT2D eigenvalue weighted by molar-refractivity contribution is 6.01. The third-order valence-electron chi connectivity index (χ3n) is 10.3. The fraction of sp³-hybridized carbons (Fsp3) is 0.0769. The molecule has 1 nitrogen and oxygen atoms in total. The molecule has 0 radical (unpaired) electrons. The van der Waals surface area contributed by atoms with E-state index in [1.54, 1.807) is 0 Å². The third-order valence-corrected chi connectivity index (χ3v) is 10.3. The lowest BCUT2D eigenvalue weighted by Gasteiger charge is -2.32. The Morgan fingerprint density at radius 3 is 1.19 bits per heavy atom. The quantitative estimate of drug-likeness (QED) is 0.154.